The number of carbonyl (C=O) groups excluding carboxylic acids is 1. The van der Waals surface area contributed by atoms with Crippen molar-refractivity contribution in [3.63, 3.8) is 0 Å². The Morgan fingerprint density at radius 1 is 1.24 bits per heavy atom. The van der Waals surface area contributed by atoms with Gasteiger partial charge < -0.3 is 9.64 Å². The highest BCUT2D eigenvalue weighted by Crippen LogP contribution is 2.38. The normalized spacial score (nSPS) is 21.5. The van der Waals surface area contributed by atoms with Crippen LogP contribution in [0, 0.1) is 5.92 Å². The van der Waals surface area contributed by atoms with E-state index in [0.29, 0.717) is 11.8 Å². The highest BCUT2D eigenvalue weighted by Gasteiger charge is 2.29. The zero-order valence-electron chi connectivity index (χ0n) is 21.3. The van der Waals surface area contributed by atoms with Gasteiger partial charge in [-0.3, -0.25) is 4.99 Å². The average Bonchev–Trinajstić information content (AvgIpc) is 3.24. The summed E-state index contributed by atoms with van der Waals surface area (Å²) in [7, 11) is 0. The minimum Gasteiger partial charge on any atom is -0.444 e. The number of aryl methyl sites for hydroxylation is 1. The predicted octanol–water partition coefficient (Wildman–Crippen LogP) is 7.24. The van der Waals surface area contributed by atoms with Crippen molar-refractivity contribution in [1.29, 1.82) is 0 Å². The van der Waals surface area contributed by atoms with E-state index in [-0.39, 0.29) is 6.09 Å². The molecule has 1 heterocycles. The van der Waals surface area contributed by atoms with Crippen molar-refractivity contribution in [3.05, 3.63) is 58.3 Å². The lowest BCUT2D eigenvalue weighted by Crippen LogP contribution is -2.41. The number of amides is 1. The van der Waals surface area contributed by atoms with Gasteiger partial charge in [0, 0.05) is 13.1 Å². The van der Waals surface area contributed by atoms with Crippen LogP contribution < -0.4 is 0 Å². The quantitative estimate of drug-likeness (QED) is 0.429. The molecule has 2 fully saturated rings. The Labute approximate surface area is 200 Å². The smallest absolute Gasteiger partial charge is 0.410 e. The zero-order chi connectivity index (χ0) is 24.0. The lowest BCUT2D eigenvalue weighted by Gasteiger charge is -2.34. The second-order valence-corrected chi connectivity index (χ2v) is 10.5. The van der Waals surface area contributed by atoms with Crippen LogP contribution >= 0.6 is 0 Å². The molecule has 3 rings (SSSR count). The summed E-state index contributed by atoms with van der Waals surface area (Å²) in [5.74, 6) is 1.08. The van der Waals surface area contributed by atoms with Gasteiger partial charge in [-0.15, -0.1) is 0 Å². The molecule has 0 unspecified atom stereocenters. The third-order valence-corrected chi connectivity index (χ3v) is 6.97. The van der Waals surface area contributed by atoms with E-state index in [1.165, 1.54) is 35.1 Å². The number of hydrogen-bond donors (Lipinski definition) is 0. The second-order valence-electron chi connectivity index (χ2n) is 10.5. The summed E-state index contributed by atoms with van der Waals surface area (Å²) < 4.78 is 5.56. The van der Waals surface area contributed by atoms with Crippen LogP contribution in [0.4, 0.5) is 4.79 Å². The number of aliphatic imine (C=N–C) groups is 1. The Hall–Kier alpha value is -2.36. The second kappa shape index (κ2) is 11.2. The van der Waals surface area contributed by atoms with Gasteiger partial charge in [-0.1, -0.05) is 31.2 Å². The maximum atomic E-state index is 12.4. The van der Waals surface area contributed by atoms with Crippen LogP contribution in [0.5, 0.6) is 0 Å². The van der Waals surface area contributed by atoms with Gasteiger partial charge in [-0.05, 0) is 120 Å². The molecule has 1 amide bonds. The number of ether oxygens (including phenoxy) is 1. The Morgan fingerprint density at radius 3 is 2.58 bits per heavy atom. The first kappa shape index (κ1) is 25.3. The number of carbonyl (C=O) groups is 1. The summed E-state index contributed by atoms with van der Waals surface area (Å²) >= 11 is 0. The van der Waals surface area contributed by atoms with Crippen LogP contribution in [-0.2, 0) is 17.6 Å². The van der Waals surface area contributed by atoms with Crippen molar-refractivity contribution < 1.29 is 9.53 Å². The fourth-order valence-corrected chi connectivity index (χ4v) is 5.37. The summed E-state index contributed by atoms with van der Waals surface area (Å²) in [5.41, 5.74) is 6.46. The van der Waals surface area contributed by atoms with Gasteiger partial charge in [0.05, 0.1) is 5.70 Å². The monoisotopic (exact) mass is 450 g/mol. The topological polar surface area (TPSA) is 41.9 Å². The van der Waals surface area contributed by atoms with Crippen molar-refractivity contribution in [2.75, 3.05) is 13.1 Å². The average molecular weight is 451 g/mol. The third-order valence-electron chi connectivity index (χ3n) is 6.97. The Morgan fingerprint density at radius 2 is 1.97 bits per heavy atom. The SMILES string of the molecule is C=NC(C=CC)=C1CCC[C@@H]1Cc1ccc(C2CCN(C(=O)OC(C)(C)C)CC2)c(CC)c1. The number of allylic oxidation sites excluding steroid dienone is 3. The van der Waals surface area contributed by atoms with E-state index in [4.69, 9.17) is 4.74 Å². The first-order chi connectivity index (χ1) is 15.8. The largest absolute Gasteiger partial charge is 0.444 e. The highest BCUT2D eigenvalue weighted by atomic mass is 16.6. The molecule has 0 bridgehead atoms. The predicted molar refractivity (Wildman–Crippen MR) is 138 cm³/mol. The summed E-state index contributed by atoms with van der Waals surface area (Å²) in [6, 6.07) is 7.13. The van der Waals surface area contributed by atoms with Crippen LogP contribution in [-0.4, -0.2) is 36.4 Å². The van der Waals surface area contributed by atoms with Crippen molar-refractivity contribution in [1.82, 2.24) is 4.90 Å². The Balaban J connectivity index is 1.68. The number of nitrogens with zero attached hydrogens (tertiary/aromatic N) is 2. The molecule has 0 N–H and O–H groups in total. The van der Waals surface area contributed by atoms with Crippen molar-refractivity contribution in [2.45, 2.75) is 91.1 Å². The van der Waals surface area contributed by atoms with E-state index in [1.54, 1.807) is 0 Å². The van der Waals surface area contributed by atoms with Gasteiger partial charge in [0.2, 0.25) is 0 Å². The molecule has 1 aliphatic heterocycles. The summed E-state index contributed by atoms with van der Waals surface area (Å²) in [4.78, 5) is 18.6. The van der Waals surface area contributed by atoms with Gasteiger partial charge in [-0.2, -0.15) is 0 Å². The summed E-state index contributed by atoms with van der Waals surface area (Å²) in [6.07, 6.45) is 11.7. The Kier molecular flexibility index (Phi) is 8.56. The molecule has 4 heteroatoms. The minimum atomic E-state index is -0.442. The van der Waals surface area contributed by atoms with E-state index in [0.717, 1.165) is 50.9 Å². The number of piperidine rings is 1. The molecule has 33 heavy (non-hydrogen) atoms. The molecule has 1 saturated heterocycles. The first-order valence-electron chi connectivity index (χ1n) is 12.7. The van der Waals surface area contributed by atoms with E-state index >= 15 is 0 Å². The fourth-order valence-electron chi connectivity index (χ4n) is 5.37. The van der Waals surface area contributed by atoms with Gasteiger partial charge in [0.15, 0.2) is 0 Å². The molecular weight excluding hydrogens is 408 g/mol. The number of likely N-dealkylation sites (tertiary alicyclic amines) is 1. The van der Waals surface area contributed by atoms with E-state index in [1.807, 2.05) is 32.6 Å². The van der Waals surface area contributed by atoms with Crippen LogP contribution in [0.25, 0.3) is 0 Å². The van der Waals surface area contributed by atoms with Crippen LogP contribution in [0.15, 0.2) is 46.6 Å². The third kappa shape index (κ3) is 6.59. The van der Waals surface area contributed by atoms with Crippen molar-refractivity contribution in [2.24, 2.45) is 10.9 Å². The molecule has 1 aliphatic carbocycles. The van der Waals surface area contributed by atoms with Crippen molar-refractivity contribution in [3.8, 4) is 0 Å². The summed E-state index contributed by atoms with van der Waals surface area (Å²) in [5, 5.41) is 0. The van der Waals surface area contributed by atoms with Gasteiger partial charge in [-0.25, -0.2) is 4.79 Å². The molecule has 2 aliphatic rings. The van der Waals surface area contributed by atoms with Gasteiger partial charge >= 0.3 is 6.09 Å². The first-order valence-corrected chi connectivity index (χ1v) is 12.7. The Bertz CT molecular complexity index is 899. The van der Waals surface area contributed by atoms with Crippen LogP contribution in [0.2, 0.25) is 0 Å². The molecule has 1 aromatic carbocycles. The summed E-state index contributed by atoms with van der Waals surface area (Å²) in [6.45, 7) is 15.4. The van der Waals surface area contributed by atoms with E-state index in [2.05, 4.69) is 49.0 Å². The maximum absolute atomic E-state index is 12.4. The fraction of sp³-hybridized carbons (Fsp3) is 0.586. The molecule has 180 valence electrons. The highest BCUT2D eigenvalue weighted by molar-refractivity contribution is 5.68. The van der Waals surface area contributed by atoms with Gasteiger partial charge in [0.25, 0.3) is 0 Å². The van der Waals surface area contributed by atoms with Crippen LogP contribution in [0.3, 0.4) is 0 Å². The molecule has 1 atom stereocenters. The van der Waals surface area contributed by atoms with Crippen LogP contribution in [0.1, 0.15) is 89.3 Å². The lowest BCUT2D eigenvalue weighted by atomic mass is 9.84. The van der Waals surface area contributed by atoms with Crippen molar-refractivity contribution >= 4 is 12.8 Å². The molecule has 4 nitrogen and oxygen atoms in total. The minimum absolute atomic E-state index is 0.182. The number of hydrogen-bond acceptors (Lipinski definition) is 3. The van der Waals surface area contributed by atoms with E-state index in [9.17, 15) is 4.79 Å². The maximum Gasteiger partial charge on any atom is 0.410 e. The zero-order valence-corrected chi connectivity index (χ0v) is 21.3. The lowest BCUT2D eigenvalue weighted by molar-refractivity contribution is 0.0204. The molecule has 0 spiro atoms. The standard InChI is InChI=1S/C29H42N2O2/c1-7-10-27(30-6)26-12-9-11-24(26)20-21-13-14-25(22(8-2)19-21)23-15-17-31(18-16-23)28(32)33-29(3,4)5/h7,10,13-14,19,23-24H,6,8-9,11-12,15-18,20H2,1-5H3/t24-/m1/s1. The van der Waals surface area contributed by atoms with Gasteiger partial charge in [0.1, 0.15) is 5.60 Å². The molecule has 0 aromatic heterocycles. The molecule has 1 aromatic rings. The number of rotatable bonds is 6. The molecule has 0 radical (unpaired) electrons. The molecular formula is C29H42N2O2. The molecule has 1 saturated carbocycles. The van der Waals surface area contributed by atoms with E-state index < -0.39 is 5.60 Å². The number of benzene rings is 1.